The summed E-state index contributed by atoms with van der Waals surface area (Å²) in [6.07, 6.45) is 1.84. The van der Waals surface area contributed by atoms with Crippen LogP contribution >= 0.6 is 11.8 Å². The molecule has 0 unspecified atom stereocenters. The summed E-state index contributed by atoms with van der Waals surface area (Å²) in [5.41, 5.74) is 2.52. The number of carbonyl (C=O) groups is 1. The number of nitro benzene ring substituents is 1. The van der Waals surface area contributed by atoms with E-state index in [-0.39, 0.29) is 11.3 Å². The Balaban J connectivity index is 1.57. The molecule has 0 atom stereocenters. The second-order valence-corrected chi connectivity index (χ2v) is 7.04. The lowest BCUT2D eigenvalue weighted by Gasteiger charge is -2.07. The number of aromatic nitrogens is 1. The van der Waals surface area contributed by atoms with E-state index in [1.165, 1.54) is 23.9 Å². The third-order valence-electron chi connectivity index (χ3n) is 4.33. The van der Waals surface area contributed by atoms with Crippen molar-refractivity contribution in [1.29, 1.82) is 0 Å². The molecule has 3 aromatic carbocycles. The zero-order valence-electron chi connectivity index (χ0n) is 15.3. The van der Waals surface area contributed by atoms with Crippen molar-refractivity contribution in [2.24, 2.45) is 0 Å². The van der Waals surface area contributed by atoms with E-state index in [0.717, 1.165) is 16.0 Å². The van der Waals surface area contributed by atoms with Crippen LogP contribution in [-0.2, 0) is 0 Å². The summed E-state index contributed by atoms with van der Waals surface area (Å²) >= 11 is 1.41. The average molecular weight is 405 g/mol. The van der Waals surface area contributed by atoms with Crippen molar-refractivity contribution in [3.05, 3.63) is 82.4 Å². The molecule has 0 aliphatic carbocycles. The molecule has 7 nitrogen and oxygen atoms in total. The molecule has 0 aliphatic rings. The molecular formula is C21H15N3O4S. The minimum absolute atomic E-state index is 0.0184. The molecule has 0 fully saturated rings. The van der Waals surface area contributed by atoms with Crippen molar-refractivity contribution < 1.29 is 14.1 Å². The second-order valence-electron chi connectivity index (χ2n) is 6.16. The highest BCUT2D eigenvalue weighted by Gasteiger charge is 2.21. The molecule has 0 aliphatic heterocycles. The summed E-state index contributed by atoms with van der Waals surface area (Å²) in [6, 6.07) is 18.9. The zero-order valence-corrected chi connectivity index (χ0v) is 16.1. The number of hydrogen-bond acceptors (Lipinski definition) is 6. The van der Waals surface area contributed by atoms with Gasteiger partial charge in [0.15, 0.2) is 5.58 Å². The lowest BCUT2D eigenvalue weighted by Crippen LogP contribution is -2.14. The first-order chi connectivity index (χ1) is 14.0. The largest absolute Gasteiger partial charge is 0.436 e. The Hall–Kier alpha value is -3.65. The van der Waals surface area contributed by atoms with Crippen LogP contribution in [0.3, 0.4) is 0 Å². The summed E-state index contributed by atoms with van der Waals surface area (Å²) in [7, 11) is 0. The topological polar surface area (TPSA) is 98.3 Å². The van der Waals surface area contributed by atoms with Gasteiger partial charge in [-0.3, -0.25) is 14.9 Å². The van der Waals surface area contributed by atoms with Gasteiger partial charge in [0.2, 0.25) is 5.89 Å². The molecule has 0 bridgehead atoms. The molecule has 1 amide bonds. The summed E-state index contributed by atoms with van der Waals surface area (Å²) in [6.45, 7) is 0. The van der Waals surface area contributed by atoms with E-state index in [1.54, 1.807) is 30.3 Å². The van der Waals surface area contributed by atoms with Gasteiger partial charge in [0.25, 0.3) is 11.6 Å². The molecule has 0 saturated heterocycles. The highest BCUT2D eigenvalue weighted by molar-refractivity contribution is 7.98. The molecule has 1 aromatic heterocycles. The van der Waals surface area contributed by atoms with Crippen LogP contribution in [0.5, 0.6) is 0 Å². The number of nitro groups is 1. The van der Waals surface area contributed by atoms with Crippen LogP contribution in [0.25, 0.3) is 22.6 Å². The Morgan fingerprint density at radius 3 is 2.55 bits per heavy atom. The van der Waals surface area contributed by atoms with E-state index in [9.17, 15) is 14.9 Å². The van der Waals surface area contributed by atoms with E-state index in [0.29, 0.717) is 17.2 Å². The van der Waals surface area contributed by atoms with Crippen LogP contribution < -0.4 is 5.32 Å². The number of oxazole rings is 1. The summed E-state index contributed by atoms with van der Waals surface area (Å²) in [4.78, 5) is 28.5. The number of nitrogens with one attached hydrogen (secondary N) is 1. The van der Waals surface area contributed by atoms with Gasteiger partial charge in [-0.1, -0.05) is 12.1 Å². The van der Waals surface area contributed by atoms with Crippen molar-refractivity contribution in [2.45, 2.75) is 4.90 Å². The third kappa shape index (κ3) is 3.83. The first-order valence-corrected chi connectivity index (χ1v) is 9.87. The van der Waals surface area contributed by atoms with Gasteiger partial charge >= 0.3 is 0 Å². The number of anilines is 1. The van der Waals surface area contributed by atoms with Crippen molar-refractivity contribution in [3.8, 4) is 11.5 Å². The molecule has 1 heterocycles. The number of fused-ring (bicyclic) bond motifs is 1. The standard InChI is InChI=1S/C21H15N3O4S/c1-29-15-10-11-18(24(26)27)16(12-15)20(25)22-14-8-6-13(7-9-14)21-23-17-4-2-3-5-19(17)28-21/h2-12H,1H3,(H,22,25). The Morgan fingerprint density at radius 1 is 1.10 bits per heavy atom. The molecule has 29 heavy (non-hydrogen) atoms. The maximum atomic E-state index is 12.6. The van der Waals surface area contributed by atoms with Gasteiger partial charge in [-0.05, 0) is 54.8 Å². The summed E-state index contributed by atoms with van der Waals surface area (Å²) < 4.78 is 5.74. The summed E-state index contributed by atoms with van der Waals surface area (Å²) in [5.74, 6) is -0.0606. The molecule has 4 rings (SSSR count). The number of carbonyl (C=O) groups excluding carboxylic acids is 1. The van der Waals surface area contributed by atoms with Crippen LogP contribution in [0.2, 0.25) is 0 Å². The Bertz CT molecular complexity index is 1190. The molecule has 0 spiro atoms. The van der Waals surface area contributed by atoms with Gasteiger partial charge in [-0.2, -0.15) is 0 Å². The van der Waals surface area contributed by atoms with Crippen molar-refractivity contribution >= 4 is 40.1 Å². The number of nitrogens with zero attached hydrogens (tertiary/aromatic N) is 2. The third-order valence-corrected chi connectivity index (χ3v) is 5.05. The van der Waals surface area contributed by atoms with Gasteiger partial charge in [-0.25, -0.2) is 4.98 Å². The number of rotatable bonds is 5. The first-order valence-electron chi connectivity index (χ1n) is 8.65. The van der Waals surface area contributed by atoms with E-state index in [1.807, 2.05) is 30.5 Å². The minimum Gasteiger partial charge on any atom is -0.436 e. The van der Waals surface area contributed by atoms with E-state index < -0.39 is 10.8 Å². The number of hydrogen-bond donors (Lipinski definition) is 1. The predicted octanol–water partition coefficient (Wildman–Crippen LogP) is 5.38. The van der Waals surface area contributed by atoms with Crippen LogP contribution in [-0.4, -0.2) is 22.1 Å². The van der Waals surface area contributed by atoms with Gasteiger partial charge < -0.3 is 9.73 Å². The average Bonchev–Trinajstić information content (AvgIpc) is 3.18. The van der Waals surface area contributed by atoms with Gasteiger partial charge in [0.05, 0.1) is 4.92 Å². The number of thioether (sulfide) groups is 1. The fraction of sp³-hybridized carbons (Fsp3) is 0.0476. The fourth-order valence-electron chi connectivity index (χ4n) is 2.87. The van der Waals surface area contributed by atoms with E-state index in [4.69, 9.17) is 4.42 Å². The molecule has 0 saturated carbocycles. The molecule has 1 N–H and O–H groups in total. The van der Waals surface area contributed by atoms with Crippen LogP contribution in [0.4, 0.5) is 11.4 Å². The smallest absolute Gasteiger partial charge is 0.282 e. The zero-order chi connectivity index (χ0) is 20.4. The molecule has 8 heteroatoms. The monoisotopic (exact) mass is 405 g/mol. The number of para-hydroxylation sites is 2. The lowest BCUT2D eigenvalue weighted by molar-refractivity contribution is -0.385. The van der Waals surface area contributed by atoms with Crippen molar-refractivity contribution in [3.63, 3.8) is 0 Å². The SMILES string of the molecule is CSc1ccc([N+](=O)[O-])c(C(=O)Nc2ccc(-c3nc4ccccc4o3)cc2)c1. The molecule has 0 radical (unpaired) electrons. The minimum atomic E-state index is -0.560. The predicted molar refractivity (Wildman–Crippen MR) is 112 cm³/mol. The second kappa shape index (κ2) is 7.76. The van der Waals surface area contributed by atoms with Crippen LogP contribution in [0.1, 0.15) is 10.4 Å². The Morgan fingerprint density at radius 2 is 1.86 bits per heavy atom. The van der Waals surface area contributed by atoms with E-state index in [2.05, 4.69) is 10.3 Å². The molecule has 4 aromatic rings. The maximum absolute atomic E-state index is 12.6. The normalized spacial score (nSPS) is 10.8. The molecular weight excluding hydrogens is 390 g/mol. The Labute approximate surface area is 169 Å². The van der Waals surface area contributed by atoms with E-state index >= 15 is 0 Å². The maximum Gasteiger partial charge on any atom is 0.282 e. The first kappa shape index (κ1) is 18.7. The molecule has 144 valence electrons. The van der Waals surface area contributed by atoms with Gasteiger partial charge in [-0.15, -0.1) is 11.8 Å². The van der Waals surface area contributed by atoms with Crippen molar-refractivity contribution in [2.75, 3.05) is 11.6 Å². The lowest BCUT2D eigenvalue weighted by atomic mass is 10.1. The van der Waals surface area contributed by atoms with Crippen LogP contribution in [0, 0.1) is 10.1 Å². The van der Waals surface area contributed by atoms with Crippen molar-refractivity contribution in [1.82, 2.24) is 4.98 Å². The van der Waals surface area contributed by atoms with Gasteiger partial charge in [0, 0.05) is 22.2 Å². The quantitative estimate of drug-likeness (QED) is 0.272. The highest BCUT2D eigenvalue weighted by Crippen LogP contribution is 2.27. The van der Waals surface area contributed by atoms with Crippen LogP contribution in [0.15, 0.2) is 76.0 Å². The number of amides is 1. The fourth-order valence-corrected chi connectivity index (χ4v) is 3.31. The number of benzene rings is 3. The van der Waals surface area contributed by atoms with Gasteiger partial charge in [0.1, 0.15) is 11.1 Å². The summed E-state index contributed by atoms with van der Waals surface area (Å²) in [5, 5.41) is 14.0. The highest BCUT2D eigenvalue weighted by atomic mass is 32.2. The Kier molecular flexibility index (Phi) is 5.01.